The van der Waals surface area contributed by atoms with E-state index < -0.39 is 5.91 Å². The van der Waals surface area contributed by atoms with Crippen LogP contribution in [-0.4, -0.2) is 21.2 Å². The molecule has 0 bridgehead atoms. The van der Waals surface area contributed by atoms with Crippen molar-refractivity contribution in [3.8, 4) is 5.75 Å². The molecule has 5 nitrogen and oxygen atoms in total. The highest BCUT2D eigenvalue weighted by atomic mass is 16.3. The van der Waals surface area contributed by atoms with Crippen LogP contribution in [0.4, 0.5) is 5.69 Å². The molecule has 2 rings (SSSR count). The summed E-state index contributed by atoms with van der Waals surface area (Å²) < 4.78 is 0. The number of aromatic nitrogens is 2. The molecule has 86 valence electrons. The number of phenolic OH excluding ortho intramolecular Hbond substituents is 1. The van der Waals surface area contributed by atoms with Gasteiger partial charge in [-0.1, -0.05) is 6.07 Å². The minimum absolute atomic E-state index is 0.0299. The van der Waals surface area contributed by atoms with E-state index in [-0.39, 0.29) is 11.4 Å². The van der Waals surface area contributed by atoms with E-state index in [9.17, 15) is 9.90 Å². The number of benzene rings is 1. The summed E-state index contributed by atoms with van der Waals surface area (Å²) in [5.74, 6) is -0.375. The SMILES string of the molecule is Cc1ccc(NC(=O)c2cccnn2)c(O)c1. The zero-order valence-electron chi connectivity index (χ0n) is 9.21. The zero-order chi connectivity index (χ0) is 12.3. The first-order valence-corrected chi connectivity index (χ1v) is 5.05. The number of carbonyl (C=O) groups excluding carboxylic acids is 1. The zero-order valence-corrected chi connectivity index (χ0v) is 9.21. The molecule has 5 heteroatoms. The van der Waals surface area contributed by atoms with E-state index in [2.05, 4.69) is 15.5 Å². The van der Waals surface area contributed by atoms with Crippen molar-refractivity contribution < 1.29 is 9.90 Å². The number of hydrogen-bond donors (Lipinski definition) is 2. The molecule has 0 aliphatic rings. The first-order valence-electron chi connectivity index (χ1n) is 5.05. The van der Waals surface area contributed by atoms with Gasteiger partial charge in [0.05, 0.1) is 5.69 Å². The molecule has 0 saturated carbocycles. The third-order valence-electron chi connectivity index (χ3n) is 2.21. The third kappa shape index (κ3) is 2.57. The lowest BCUT2D eigenvalue weighted by Crippen LogP contribution is -2.14. The van der Waals surface area contributed by atoms with Gasteiger partial charge in [-0.25, -0.2) is 0 Å². The van der Waals surface area contributed by atoms with E-state index in [0.717, 1.165) is 5.56 Å². The number of nitrogens with one attached hydrogen (secondary N) is 1. The number of amides is 1. The van der Waals surface area contributed by atoms with Crippen LogP contribution in [0, 0.1) is 6.92 Å². The van der Waals surface area contributed by atoms with E-state index in [1.807, 2.05) is 6.92 Å². The molecular weight excluding hydrogens is 218 g/mol. The Morgan fingerprint density at radius 2 is 2.18 bits per heavy atom. The minimum atomic E-state index is -0.405. The number of rotatable bonds is 2. The molecule has 1 aromatic carbocycles. The van der Waals surface area contributed by atoms with Crippen molar-refractivity contribution in [2.45, 2.75) is 6.92 Å². The van der Waals surface area contributed by atoms with Crippen LogP contribution in [0.3, 0.4) is 0 Å². The predicted octanol–water partition coefficient (Wildman–Crippen LogP) is 1.74. The molecule has 17 heavy (non-hydrogen) atoms. The second kappa shape index (κ2) is 4.61. The Hall–Kier alpha value is -2.43. The summed E-state index contributed by atoms with van der Waals surface area (Å²) in [4.78, 5) is 11.7. The molecule has 0 aliphatic carbocycles. The van der Waals surface area contributed by atoms with Gasteiger partial charge in [-0.2, -0.15) is 5.10 Å². The Morgan fingerprint density at radius 3 is 2.82 bits per heavy atom. The molecule has 1 heterocycles. The van der Waals surface area contributed by atoms with Crippen molar-refractivity contribution in [2.24, 2.45) is 0 Å². The number of nitrogens with zero attached hydrogens (tertiary/aromatic N) is 2. The van der Waals surface area contributed by atoms with Crippen molar-refractivity contribution in [1.82, 2.24) is 10.2 Å². The topological polar surface area (TPSA) is 75.1 Å². The Bertz CT molecular complexity index is 541. The predicted molar refractivity (Wildman–Crippen MR) is 62.8 cm³/mol. The van der Waals surface area contributed by atoms with Crippen LogP contribution >= 0.6 is 0 Å². The Balaban J connectivity index is 2.19. The summed E-state index contributed by atoms with van der Waals surface area (Å²) in [6.45, 7) is 1.86. The average Bonchev–Trinajstić information content (AvgIpc) is 2.34. The normalized spacial score (nSPS) is 9.94. The Kier molecular flexibility index (Phi) is 3.00. The van der Waals surface area contributed by atoms with Crippen LogP contribution in [0.15, 0.2) is 36.5 Å². The number of aryl methyl sites for hydroxylation is 1. The van der Waals surface area contributed by atoms with Gasteiger partial charge in [-0.15, -0.1) is 5.10 Å². The maximum absolute atomic E-state index is 11.7. The number of hydrogen-bond acceptors (Lipinski definition) is 4. The van der Waals surface area contributed by atoms with Crippen molar-refractivity contribution in [3.05, 3.63) is 47.8 Å². The molecule has 0 aliphatic heterocycles. The largest absolute Gasteiger partial charge is 0.506 e. The Morgan fingerprint density at radius 1 is 1.35 bits per heavy atom. The van der Waals surface area contributed by atoms with Crippen molar-refractivity contribution in [1.29, 1.82) is 0 Å². The summed E-state index contributed by atoms with van der Waals surface area (Å²) >= 11 is 0. The molecule has 0 radical (unpaired) electrons. The van der Waals surface area contributed by atoms with Crippen LogP contribution in [0.1, 0.15) is 16.1 Å². The number of anilines is 1. The molecule has 2 aromatic rings. The highest BCUT2D eigenvalue weighted by molar-refractivity contribution is 6.03. The summed E-state index contributed by atoms with van der Waals surface area (Å²) in [7, 11) is 0. The Labute approximate surface area is 98.1 Å². The molecule has 0 spiro atoms. The number of phenols is 1. The van der Waals surface area contributed by atoms with Gasteiger partial charge in [0.2, 0.25) is 0 Å². The summed E-state index contributed by atoms with van der Waals surface area (Å²) in [5, 5.41) is 19.5. The third-order valence-corrected chi connectivity index (χ3v) is 2.21. The molecule has 1 amide bonds. The highest BCUT2D eigenvalue weighted by Crippen LogP contribution is 2.24. The smallest absolute Gasteiger partial charge is 0.276 e. The maximum atomic E-state index is 11.7. The van der Waals surface area contributed by atoms with Crippen molar-refractivity contribution in [2.75, 3.05) is 5.32 Å². The lowest BCUT2D eigenvalue weighted by molar-refractivity contribution is 0.102. The molecule has 0 unspecified atom stereocenters. The van der Waals surface area contributed by atoms with Crippen molar-refractivity contribution >= 4 is 11.6 Å². The van der Waals surface area contributed by atoms with E-state index in [1.54, 1.807) is 30.3 Å². The second-order valence-corrected chi connectivity index (χ2v) is 3.58. The van der Waals surface area contributed by atoms with Gasteiger partial charge in [0, 0.05) is 6.20 Å². The number of carbonyl (C=O) groups is 1. The van der Waals surface area contributed by atoms with Gasteiger partial charge in [0.25, 0.3) is 5.91 Å². The fourth-order valence-corrected chi connectivity index (χ4v) is 1.36. The number of aromatic hydroxyl groups is 1. The molecule has 0 saturated heterocycles. The standard InChI is InChI=1S/C12H11N3O2/c1-8-4-5-9(11(16)7-8)14-12(17)10-3-2-6-13-15-10/h2-7,16H,1H3,(H,14,17). The fraction of sp³-hybridized carbons (Fsp3) is 0.0833. The summed E-state index contributed by atoms with van der Waals surface area (Å²) in [6.07, 6.45) is 1.49. The van der Waals surface area contributed by atoms with Crippen molar-refractivity contribution in [3.63, 3.8) is 0 Å². The quantitative estimate of drug-likeness (QED) is 0.769. The molecule has 0 fully saturated rings. The van der Waals surface area contributed by atoms with Crippen LogP contribution in [0.5, 0.6) is 5.75 Å². The molecule has 1 aromatic heterocycles. The van der Waals surface area contributed by atoms with E-state index in [4.69, 9.17) is 0 Å². The van der Waals surface area contributed by atoms with Crippen LogP contribution < -0.4 is 5.32 Å². The van der Waals surface area contributed by atoms with E-state index in [0.29, 0.717) is 5.69 Å². The van der Waals surface area contributed by atoms with Gasteiger partial charge < -0.3 is 10.4 Å². The first kappa shape index (κ1) is 11.1. The average molecular weight is 229 g/mol. The van der Waals surface area contributed by atoms with Crippen LogP contribution in [-0.2, 0) is 0 Å². The minimum Gasteiger partial charge on any atom is -0.506 e. The molecular formula is C12H11N3O2. The van der Waals surface area contributed by atoms with Crippen LogP contribution in [0.25, 0.3) is 0 Å². The van der Waals surface area contributed by atoms with Crippen LogP contribution in [0.2, 0.25) is 0 Å². The molecule has 2 N–H and O–H groups in total. The lowest BCUT2D eigenvalue weighted by Gasteiger charge is -2.06. The van der Waals surface area contributed by atoms with Gasteiger partial charge in [0.15, 0.2) is 5.69 Å². The van der Waals surface area contributed by atoms with E-state index >= 15 is 0 Å². The summed E-state index contributed by atoms with van der Waals surface area (Å²) in [6, 6.07) is 8.18. The lowest BCUT2D eigenvalue weighted by atomic mass is 10.2. The molecule has 0 atom stereocenters. The monoisotopic (exact) mass is 229 g/mol. The maximum Gasteiger partial charge on any atom is 0.276 e. The summed E-state index contributed by atoms with van der Waals surface area (Å²) in [5.41, 5.74) is 1.47. The first-order chi connectivity index (χ1) is 8.16. The van der Waals surface area contributed by atoms with Gasteiger partial charge in [-0.3, -0.25) is 4.79 Å². The highest BCUT2D eigenvalue weighted by Gasteiger charge is 2.09. The fourth-order valence-electron chi connectivity index (χ4n) is 1.36. The van der Waals surface area contributed by atoms with Gasteiger partial charge in [-0.05, 0) is 36.8 Å². The van der Waals surface area contributed by atoms with Gasteiger partial charge in [0.1, 0.15) is 5.75 Å². The van der Waals surface area contributed by atoms with Gasteiger partial charge >= 0.3 is 0 Å². The van der Waals surface area contributed by atoms with E-state index in [1.165, 1.54) is 6.20 Å². The second-order valence-electron chi connectivity index (χ2n) is 3.58.